The Morgan fingerprint density at radius 3 is 2.56 bits per heavy atom. The molecule has 0 bridgehead atoms. The van der Waals surface area contributed by atoms with Gasteiger partial charge in [0.15, 0.2) is 6.61 Å². The molecule has 1 fully saturated rings. The molecule has 0 aliphatic carbocycles. The number of amides is 1. The van der Waals surface area contributed by atoms with Crippen molar-refractivity contribution in [1.82, 2.24) is 4.90 Å². The van der Waals surface area contributed by atoms with Gasteiger partial charge in [0, 0.05) is 18.0 Å². The molecule has 1 amide bonds. The maximum absolute atomic E-state index is 13.1. The molecule has 0 atom stereocenters. The molecule has 1 aliphatic heterocycles. The first-order chi connectivity index (χ1) is 13.0. The number of likely N-dealkylation sites (tertiary alicyclic amines) is 1. The van der Waals surface area contributed by atoms with Crippen LogP contribution in [0.3, 0.4) is 0 Å². The first-order valence-corrected chi connectivity index (χ1v) is 9.87. The molecular formula is C21H22FNO3S. The van der Waals surface area contributed by atoms with E-state index in [0.29, 0.717) is 30.1 Å². The lowest BCUT2D eigenvalue weighted by molar-refractivity contribution is -0.148. The molecule has 6 heteroatoms. The summed E-state index contributed by atoms with van der Waals surface area (Å²) in [6.45, 7) is 3.33. The number of rotatable bonds is 5. The fraction of sp³-hybridized carbons (Fsp3) is 0.333. The van der Waals surface area contributed by atoms with E-state index < -0.39 is 5.97 Å². The second kappa shape index (κ2) is 8.95. The second-order valence-electron chi connectivity index (χ2n) is 6.73. The average Bonchev–Trinajstić information content (AvgIpc) is 3.20. The minimum atomic E-state index is -0.555. The van der Waals surface area contributed by atoms with Gasteiger partial charge in [0.05, 0.1) is 5.57 Å². The molecule has 3 rings (SSSR count). The molecule has 1 aliphatic rings. The molecule has 0 spiro atoms. The summed E-state index contributed by atoms with van der Waals surface area (Å²) in [7, 11) is 0. The SMILES string of the molecule is CC1CCN(C(=O)COC(=O)/C(=C/c2ccc(F)cc2)c2cccs2)CC1. The number of ether oxygens (including phenoxy) is 1. The normalized spacial score (nSPS) is 15.6. The molecule has 2 aromatic rings. The van der Waals surface area contributed by atoms with Gasteiger partial charge < -0.3 is 9.64 Å². The molecule has 0 radical (unpaired) electrons. The Kier molecular flexibility index (Phi) is 6.40. The van der Waals surface area contributed by atoms with Gasteiger partial charge in [-0.15, -0.1) is 11.3 Å². The van der Waals surface area contributed by atoms with Gasteiger partial charge >= 0.3 is 5.97 Å². The summed E-state index contributed by atoms with van der Waals surface area (Å²) in [5, 5.41) is 1.86. The molecule has 0 saturated carbocycles. The fourth-order valence-electron chi connectivity index (χ4n) is 2.94. The maximum Gasteiger partial charge on any atom is 0.340 e. The predicted octanol–water partition coefficient (Wildman–Crippen LogP) is 4.23. The minimum absolute atomic E-state index is 0.164. The highest BCUT2D eigenvalue weighted by Crippen LogP contribution is 2.24. The van der Waals surface area contributed by atoms with Crippen molar-refractivity contribution in [2.75, 3.05) is 19.7 Å². The lowest BCUT2D eigenvalue weighted by Crippen LogP contribution is -2.40. The zero-order valence-corrected chi connectivity index (χ0v) is 16.0. The fourth-order valence-corrected chi connectivity index (χ4v) is 3.67. The second-order valence-corrected chi connectivity index (χ2v) is 7.67. The molecule has 1 aromatic heterocycles. The molecule has 142 valence electrons. The zero-order chi connectivity index (χ0) is 19.2. The minimum Gasteiger partial charge on any atom is -0.452 e. The van der Waals surface area contributed by atoms with Crippen molar-refractivity contribution >= 4 is 34.9 Å². The number of hydrogen-bond donors (Lipinski definition) is 0. The Labute approximate surface area is 162 Å². The van der Waals surface area contributed by atoms with Crippen LogP contribution in [0.15, 0.2) is 41.8 Å². The van der Waals surface area contributed by atoms with Crippen LogP contribution in [0.25, 0.3) is 11.6 Å². The summed E-state index contributed by atoms with van der Waals surface area (Å²) in [4.78, 5) is 27.4. The van der Waals surface area contributed by atoms with Crippen molar-refractivity contribution in [3.05, 3.63) is 58.0 Å². The lowest BCUT2D eigenvalue weighted by atomic mass is 9.99. The topological polar surface area (TPSA) is 46.6 Å². The van der Waals surface area contributed by atoms with Gasteiger partial charge in [-0.2, -0.15) is 0 Å². The van der Waals surface area contributed by atoms with Gasteiger partial charge in [0.25, 0.3) is 5.91 Å². The molecule has 1 saturated heterocycles. The highest BCUT2D eigenvalue weighted by Gasteiger charge is 2.22. The van der Waals surface area contributed by atoms with E-state index in [2.05, 4.69) is 6.92 Å². The highest BCUT2D eigenvalue weighted by atomic mass is 32.1. The third-order valence-electron chi connectivity index (χ3n) is 4.65. The van der Waals surface area contributed by atoms with Crippen LogP contribution in [0.5, 0.6) is 0 Å². The smallest absolute Gasteiger partial charge is 0.340 e. The van der Waals surface area contributed by atoms with Crippen LogP contribution in [-0.4, -0.2) is 36.5 Å². The van der Waals surface area contributed by atoms with Crippen LogP contribution in [0.1, 0.15) is 30.2 Å². The summed E-state index contributed by atoms with van der Waals surface area (Å²) in [6, 6.07) is 9.52. The first kappa shape index (κ1) is 19.3. The molecular weight excluding hydrogens is 365 g/mol. The number of benzene rings is 1. The number of halogens is 1. The van der Waals surface area contributed by atoms with Crippen molar-refractivity contribution in [1.29, 1.82) is 0 Å². The van der Waals surface area contributed by atoms with Gasteiger partial charge in [0.2, 0.25) is 0 Å². The van der Waals surface area contributed by atoms with E-state index in [1.807, 2.05) is 17.5 Å². The number of nitrogens with zero attached hydrogens (tertiary/aromatic N) is 1. The number of thiophene rings is 1. The zero-order valence-electron chi connectivity index (χ0n) is 15.2. The largest absolute Gasteiger partial charge is 0.452 e. The van der Waals surface area contributed by atoms with Gasteiger partial charge in [0.1, 0.15) is 5.82 Å². The summed E-state index contributed by atoms with van der Waals surface area (Å²) < 4.78 is 18.4. The monoisotopic (exact) mass is 387 g/mol. The summed E-state index contributed by atoms with van der Waals surface area (Å²) in [5.41, 5.74) is 1.05. The van der Waals surface area contributed by atoms with Crippen LogP contribution in [0.2, 0.25) is 0 Å². The Balaban J connectivity index is 1.68. The molecule has 4 nitrogen and oxygen atoms in total. The Bertz CT molecular complexity index is 806. The number of carbonyl (C=O) groups is 2. The molecule has 2 heterocycles. The van der Waals surface area contributed by atoms with Crippen molar-refractivity contribution in [3.63, 3.8) is 0 Å². The number of piperidine rings is 1. The number of esters is 1. The summed E-state index contributed by atoms with van der Waals surface area (Å²) in [5.74, 6) is -0.433. The lowest BCUT2D eigenvalue weighted by Gasteiger charge is -2.30. The van der Waals surface area contributed by atoms with Crippen molar-refractivity contribution in [2.24, 2.45) is 5.92 Å². The Morgan fingerprint density at radius 1 is 1.22 bits per heavy atom. The van der Waals surface area contributed by atoms with Gasteiger partial charge in [-0.05, 0) is 54.0 Å². The van der Waals surface area contributed by atoms with E-state index in [1.54, 1.807) is 23.1 Å². The van der Waals surface area contributed by atoms with E-state index in [-0.39, 0.29) is 18.3 Å². The Hall–Kier alpha value is -2.47. The van der Waals surface area contributed by atoms with Crippen LogP contribution in [0, 0.1) is 11.7 Å². The van der Waals surface area contributed by atoms with Crippen LogP contribution < -0.4 is 0 Å². The molecule has 27 heavy (non-hydrogen) atoms. The van der Waals surface area contributed by atoms with Gasteiger partial charge in [-0.1, -0.05) is 25.1 Å². The maximum atomic E-state index is 13.1. The van der Waals surface area contributed by atoms with Gasteiger partial charge in [-0.3, -0.25) is 4.79 Å². The van der Waals surface area contributed by atoms with Crippen LogP contribution in [0.4, 0.5) is 4.39 Å². The highest BCUT2D eigenvalue weighted by molar-refractivity contribution is 7.11. The van der Waals surface area contributed by atoms with Crippen LogP contribution >= 0.6 is 11.3 Å². The molecule has 0 unspecified atom stereocenters. The number of carbonyl (C=O) groups excluding carboxylic acids is 2. The standard InChI is InChI=1S/C21H22FNO3S/c1-15-8-10-23(11-9-15)20(24)14-26-21(25)18(19-3-2-12-27-19)13-16-4-6-17(22)7-5-16/h2-7,12-13,15H,8-11,14H2,1H3/b18-13+. The van der Waals surface area contributed by atoms with E-state index in [4.69, 9.17) is 4.74 Å². The average molecular weight is 387 g/mol. The van der Waals surface area contributed by atoms with E-state index >= 15 is 0 Å². The number of hydrogen-bond acceptors (Lipinski definition) is 4. The van der Waals surface area contributed by atoms with E-state index in [0.717, 1.165) is 17.7 Å². The van der Waals surface area contributed by atoms with Gasteiger partial charge in [-0.25, -0.2) is 9.18 Å². The molecule has 1 aromatic carbocycles. The summed E-state index contributed by atoms with van der Waals surface area (Å²) in [6.07, 6.45) is 3.61. The third kappa shape index (κ3) is 5.26. The quantitative estimate of drug-likeness (QED) is 0.570. The van der Waals surface area contributed by atoms with Crippen LogP contribution in [-0.2, 0) is 14.3 Å². The van der Waals surface area contributed by atoms with Crippen molar-refractivity contribution < 1.29 is 18.7 Å². The van der Waals surface area contributed by atoms with E-state index in [1.165, 1.54) is 23.5 Å². The van der Waals surface area contributed by atoms with E-state index in [9.17, 15) is 14.0 Å². The third-order valence-corrected chi connectivity index (χ3v) is 5.55. The first-order valence-electron chi connectivity index (χ1n) is 8.99. The van der Waals surface area contributed by atoms with Crippen molar-refractivity contribution in [2.45, 2.75) is 19.8 Å². The Morgan fingerprint density at radius 2 is 1.93 bits per heavy atom. The predicted molar refractivity (Wildman–Crippen MR) is 105 cm³/mol. The van der Waals surface area contributed by atoms with Crippen molar-refractivity contribution in [3.8, 4) is 0 Å². The summed E-state index contributed by atoms with van der Waals surface area (Å²) >= 11 is 1.41. The molecule has 0 N–H and O–H groups in total.